The lowest BCUT2D eigenvalue weighted by Crippen LogP contribution is -2.50. The van der Waals surface area contributed by atoms with Gasteiger partial charge in [-0.1, -0.05) is 6.92 Å². The molecule has 5 nitrogen and oxygen atoms in total. The first-order valence-corrected chi connectivity index (χ1v) is 8.22. The predicted octanol–water partition coefficient (Wildman–Crippen LogP) is 3.10. The minimum absolute atomic E-state index is 0.154. The van der Waals surface area contributed by atoms with E-state index in [-0.39, 0.29) is 12.4 Å². The molecule has 23 heavy (non-hydrogen) atoms. The van der Waals surface area contributed by atoms with Gasteiger partial charge in [-0.25, -0.2) is 9.18 Å². The maximum Gasteiger partial charge on any atom is 0.319 e. The van der Waals surface area contributed by atoms with Crippen LogP contribution in [0.15, 0.2) is 18.2 Å². The van der Waals surface area contributed by atoms with E-state index in [9.17, 15) is 14.3 Å². The van der Waals surface area contributed by atoms with E-state index in [1.165, 1.54) is 18.6 Å². The molecule has 1 unspecified atom stereocenters. The molecule has 0 radical (unpaired) electrons. The number of aliphatic hydroxyl groups excluding tert-OH is 1. The molecule has 1 atom stereocenters. The van der Waals surface area contributed by atoms with Gasteiger partial charge in [0.15, 0.2) is 0 Å². The van der Waals surface area contributed by atoms with Crippen molar-refractivity contribution in [2.24, 2.45) is 0 Å². The Morgan fingerprint density at radius 3 is 2.65 bits per heavy atom. The second-order valence-electron chi connectivity index (χ2n) is 6.36. The van der Waals surface area contributed by atoms with E-state index >= 15 is 0 Å². The Morgan fingerprint density at radius 1 is 1.35 bits per heavy atom. The van der Waals surface area contributed by atoms with Crippen LogP contribution in [0.3, 0.4) is 0 Å². The fraction of sp³-hybridized carbons (Fsp3) is 0.588. The number of hydrogen-bond acceptors (Lipinski definition) is 3. The largest absolute Gasteiger partial charge is 0.394 e. The zero-order valence-corrected chi connectivity index (χ0v) is 13.9. The van der Waals surface area contributed by atoms with Crippen molar-refractivity contribution < 1.29 is 14.3 Å². The lowest BCUT2D eigenvalue weighted by Gasteiger charge is -2.31. The van der Waals surface area contributed by atoms with Crippen LogP contribution in [0.5, 0.6) is 0 Å². The molecular weight excluding hydrogens is 297 g/mol. The van der Waals surface area contributed by atoms with Crippen molar-refractivity contribution in [2.75, 3.05) is 29.9 Å². The van der Waals surface area contributed by atoms with Crippen molar-refractivity contribution >= 4 is 17.4 Å². The molecule has 6 heteroatoms. The summed E-state index contributed by atoms with van der Waals surface area (Å²) in [5.41, 5.74) is 0.604. The lowest BCUT2D eigenvalue weighted by molar-refractivity contribution is 0.172. The molecule has 0 saturated carbocycles. The average Bonchev–Trinajstić information content (AvgIpc) is 2.55. The molecular formula is C17H26FN3O2. The van der Waals surface area contributed by atoms with Crippen LogP contribution < -0.4 is 15.5 Å². The molecule has 1 fully saturated rings. The van der Waals surface area contributed by atoms with Gasteiger partial charge < -0.3 is 20.6 Å². The average molecular weight is 323 g/mol. The van der Waals surface area contributed by atoms with Crippen molar-refractivity contribution in [3.63, 3.8) is 0 Å². The molecule has 2 rings (SSSR count). The third-order valence-electron chi connectivity index (χ3n) is 4.45. The number of carbonyl (C=O) groups excluding carboxylic acids is 1. The quantitative estimate of drug-likeness (QED) is 0.780. The minimum atomic E-state index is -0.692. The van der Waals surface area contributed by atoms with Gasteiger partial charge in [0.05, 0.1) is 23.5 Å². The highest BCUT2D eigenvalue weighted by Gasteiger charge is 2.24. The molecule has 1 aromatic carbocycles. The fourth-order valence-corrected chi connectivity index (χ4v) is 2.69. The van der Waals surface area contributed by atoms with Crippen molar-refractivity contribution in [2.45, 2.75) is 45.1 Å². The summed E-state index contributed by atoms with van der Waals surface area (Å²) >= 11 is 0. The molecule has 0 spiro atoms. The number of piperidine rings is 1. The molecule has 128 valence electrons. The number of nitrogens with zero attached hydrogens (tertiary/aromatic N) is 1. The highest BCUT2D eigenvalue weighted by Crippen LogP contribution is 2.29. The van der Waals surface area contributed by atoms with Gasteiger partial charge >= 0.3 is 6.03 Å². The zero-order valence-electron chi connectivity index (χ0n) is 13.9. The molecule has 1 aliphatic rings. The molecule has 1 saturated heterocycles. The van der Waals surface area contributed by atoms with Crippen LogP contribution in [0.2, 0.25) is 0 Å². The van der Waals surface area contributed by atoms with Crippen LogP contribution in [-0.4, -0.2) is 36.4 Å². The summed E-state index contributed by atoms with van der Waals surface area (Å²) in [5.74, 6) is -0.388. The third-order valence-corrected chi connectivity index (χ3v) is 4.45. The van der Waals surface area contributed by atoms with Crippen molar-refractivity contribution in [1.29, 1.82) is 0 Å². The number of hydrogen-bond donors (Lipinski definition) is 3. The number of amides is 2. The first kappa shape index (κ1) is 17.5. The SMILES string of the molecule is CCC(C)(CO)NC(=O)Nc1cc(F)ccc1N1CCCCC1. The van der Waals surface area contributed by atoms with Crippen LogP contribution in [0.25, 0.3) is 0 Å². The lowest BCUT2D eigenvalue weighted by atomic mass is 10.0. The second-order valence-corrected chi connectivity index (χ2v) is 6.36. The number of halogens is 1. The van der Waals surface area contributed by atoms with Gasteiger partial charge in [-0.15, -0.1) is 0 Å². The highest BCUT2D eigenvalue weighted by molar-refractivity contribution is 5.93. The molecule has 2 amide bonds. The van der Waals surface area contributed by atoms with Crippen molar-refractivity contribution in [1.82, 2.24) is 5.32 Å². The number of aliphatic hydroxyl groups is 1. The Bertz CT molecular complexity index is 541. The van der Waals surface area contributed by atoms with E-state index in [2.05, 4.69) is 15.5 Å². The second kappa shape index (κ2) is 7.64. The van der Waals surface area contributed by atoms with Gasteiger partial charge in [-0.2, -0.15) is 0 Å². The van der Waals surface area contributed by atoms with Crippen molar-refractivity contribution in [3.8, 4) is 0 Å². The maximum atomic E-state index is 13.6. The summed E-state index contributed by atoms with van der Waals surface area (Å²) < 4.78 is 13.6. The first-order chi connectivity index (χ1) is 11.0. The van der Waals surface area contributed by atoms with E-state index in [0.717, 1.165) is 31.6 Å². The molecule has 1 aromatic rings. The number of anilines is 2. The minimum Gasteiger partial charge on any atom is -0.394 e. The Labute approximate surface area is 136 Å². The van der Waals surface area contributed by atoms with Gasteiger partial charge in [0, 0.05) is 13.1 Å². The smallest absolute Gasteiger partial charge is 0.319 e. The summed E-state index contributed by atoms with van der Waals surface area (Å²) in [7, 11) is 0. The van der Waals surface area contributed by atoms with Crippen molar-refractivity contribution in [3.05, 3.63) is 24.0 Å². The molecule has 1 aliphatic heterocycles. The molecule has 0 aromatic heterocycles. The van der Waals surface area contributed by atoms with Crippen LogP contribution >= 0.6 is 0 Å². The summed E-state index contributed by atoms with van der Waals surface area (Å²) in [5, 5.41) is 14.9. The molecule has 0 bridgehead atoms. The Morgan fingerprint density at radius 2 is 2.04 bits per heavy atom. The Kier molecular flexibility index (Phi) is 5.82. The number of benzene rings is 1. The van der Waals surface area contributed by atoms with Gasteiger partial charge in [-0.3, -0.25) is 0 Å². The fourth-order valence-electron chi connectivity index (χ4n) is 2.69. The molecule has 3 N–H and O–H groups in total. The Balaban J connectivity index is 2.14. The monoisotopic (exact) mass is 323 g/mol. The summed E-state index contributed by atoms with van der Waals surface area (Å²) in [6, 6.07) is 4.02. The van der Waals surface area contributed by atoms with Crippen LogP contribution in [0.4, 0.5) is 20.6 Å². The summed E-state index contributed by atoms with van der Waals surface area (Å²) in [6.45, 7) is 5.32. The highest BCUT2D eigenvalue weighted by atomic mass is 19.1. The first-order valence-electron chi connectivity index (χ1n) is 8.22. The summed E-state index contributed by atoms with van der Waals surface area (Å²) in [6.07, 6.45) is 3.99. The van der Waals surface area contributed by atoms with E-state index in [4.69, 9.17) is 0 Å². The number of carbonyl (C=O) groups is 1. The van der Waals surface area contributed by atoms with Gasteiger partial charge in [-0.05, 0) is 50.8 Å². The number of urea groups is 1. The molecule has 1 heterocycles. The Hall–Kier alpha value is -1.82. The van der Waals surface area contributed by atoms with Crippen LogP contribution in [-0.2, 0) is 0 Å². The third kappa shape index (κ3) is 4.58. The molecule has 0 aliphatic carbocycles. The van der Waals surface area contributed by atoms with E-state index in [0.29, 0.717) is 12.1 Å². The van der Waals surface area contributed by atoms with Crippen LogP contribution in [0.1, 0.15) is 39.5 Å². The standard InChI is InChI=1S/C17H26FN3O2/c1-3-17(2,12-22)20-16(23)19-14-11-13(18)7-8-15(14)21-9-5-4-6-10-21/h7-8,11,22H,3-6,9-10,12H2,1-2H3,(H2,19,20,23). The van der Waals surface area contributed by atoms with E-state index in [1.54, 1.807) is 13.0 Å². The number of rotatable bonds is 5. The number of nitrogens with one attached hydrogen (secondary N) is 2. The maximum absolute atomic E-state index is 13.6. The van der Waals surface area contributed by atoms with Gasteiger partial charge in [0.25, 0.3) is 0 Å². The van der Waals surface area contributed by atoms with Gasteiger partial charge in [0.1, 0.15) is 5.82 Å². The normalized spacial score (nSPS) is 17.5. The van der Waals surface area contributed by atoms with E-state index in [1.807, 2.05) is 6.92 Å². The topological polar surface area (TPSA) is 64.6 Å². The summed E-state index contributed by atoms with van der Waals surface area (Å²) in [4.78, 5) is 14.4. The van der Waals surface area contributed by atoms with E-state index < -0.39 is 11.6 Å². The van der Waals surface area contributed by atoms with Gasteiger partial charge in [0.2, 0.25) is 0 Å². The zero-order chi connectivity index (χ0) is 16.9. The van der Waals surface area contributed by atoms with Crippen LogP contribution in [0, 0.1) is 5.82 Å². The predicted molar refractivity (Wildman–Crippen MR) is 90.4 cm³/mol.